The lowest BCUT2D eigenvalue weighted by atomic mass is 9.99. The lowest BCUT2D eigenvalue weighted by Crippen LogP contribution is -2.59. The monoisotopic (exact) mass is 358 g/mol. The smallest absolute Gasteiger partial charge is 0.302 e. The van der Waals surface area contributed by atoms with Gasteiger partial charge in [0.2, 0.25) is 0 Å². The normalized spacial score (nSPS) is 30.0. The molecule has 1 fully saturated rings. The molecule has 1 unspecified atom stereocenters. The van der Waals surface area contributed by atoms with Crippen molar-refractivity contribution in [2.75, 3.05) is 13.2 Å². The van der Waals surface area contributed by atoms with E-state index < -0.39 is 36.7 Å². The second-order valence-electron chi connectivity index (χ2n) is 6.52. The first-order chi connectivity index (χ1) is 11.7. The van der Waals surface area contributed by atoms with Gasteiger partial charge in [-0.05, 0) is 33.6 Å². The number of aliphatic hydroxyl groups is 3. The molecule has 144 valence electrons. The summed E-state index contributed by atoms with van der Waals surface area (Å²) in [5.74, 6) is -0.524. The van der Waals surface area contributed by atoms with Gasteiger partial charge in [0.15, 0.2) is 6.29 Å². The fourth-order valence-electron chi connectivity index (χ4n) is 2.37. The van der Waals surface area contributed by atoms with Crippen LogP contribution in [-0.2, 0) is 19.0 Å². The van der Waals surface area contributed by atoms with E-state index in [1.165, 1.54) is 12.5 Å². The van der Waals surface area contributed by atoms with Gasteiger partial charge in [-0.3, -0.25) is 4.79 Å². The standard InChI is InChI=1S/C18H30O7/c1-11(2)6-5-7-12(3)8-9-23-18-17(22)16(21)15(20)14(25-18)10-24-13(4)19/h6,8,14-18,20-22H,5,7,9-10H2,1-4H3/b12-8+/t14-,15-,16+,17-,18?/m1/s1. The van der Waals surface area contributed by atoms with Crippen LogP contribution in [0.3, 0.4) is 0 Å². The Kier molecular flexibility index (Phi) is 9.31. The van der Waals surface area contributed by atoms with Gasteiger partial charge in [-0.15, -0.1) is 0 Å². The van der Waals surface area contributed by atoms with Crippen molar-refractivity contribution in [1.29, 1.82) is 0 Å². The molecular weight excluding hydrogens is 328 g/mol. The number of hydrogen-bond acceptors (Lipinski definition) is 7. The zero-order chi connectivity index (χ0) is 19.0. The number of esters is 1. The molecule has 0 bridgehead atoms. The third-order valence-electron chi connectivity index (χ3n) is 3.90. The fraction of sp³-hybridized carbons (Fsp3) is 0.722. The summed E-state index contributed by atoms with van der Waals surface area (Å²) in [5, 5.41) is 29.8. The summed E-state index contributed by atoms with van der Waals surface area (Å²) in [5.41, 5.74) is 2.41. The molecule has 0 aliphatic carbocycles. The van der Waals surface area contributed by atoms with Crippen LogP contribution >= 0.6 is 0 Å². The van der Waals surface area contributed by atoms with E-state index in [4.69, 9.17) is 14.2 Å². The minimum Gasteiger partial charge on any atom is -0.463 e. The molecule has 0 saturated carbocycles. The zero-order valence-corrected chi connectivity index (χ0v) is 15.3. The Bertz CT molecular complexity index is 482. The molecule has 25 heavy (non-hydrogen) atoms. The van der Waals surface area contributed by atoms with Crippen molar-refractivity contribution < 1.29 is 34.3 Å². The van der Waals surface area contributed by atoms with E-state index in [0.29, 0.717) is 0 Å². The van der Waals surface area contributed by atoms with Crippen LogP contribution in [-0.4, -0.2) is 65.2 Å². The van der Waals surface area contributed by atoms with Gasteiger partial charge in [-0.2, -0.15) is 0 Å². The Labute approximate surface area is 148 Å². The molecule has 3 N–H and O–H groups in total. The van der Waals surface area contributed by atoms with Crippen LogP contribution in [0.4, 0.5) is 0 Å². The SMILES string of the molecule is CC(=O)OC[C@H]1OC(OC/C=C(\C)CCC=C(C)C)[C@H](O)[C@@H](O)[C@@H]1O. The van der Waals surface area contributed by atoms with Gasteiger partial charge in [0.1, 0.15) is 31.0 Å². The topological polar surface area (TPSA) is 105 Å². The zero-order valence-electron chi connectivity index (χ0n) is 15.3. The Morgan fingerprint density at radius 3 is 2.32 bits per heavy atom. The Hall–Kier alpha value is -1.25. The fourth-order valence-corrected chi connectivity index (χ4v) is 2.37. The Morgan fingerprint density at radius 1 is 1.04 bits per heavy atom. The van der Waals surface area contributed by atoms with Gasteiger partial charge in [0.25, 0.3) is 0 Å². The number of carbonyl (C=O) groups excluding carboxylic acids is 1. The summed E-state index contributed by atoms with van der Waals surface area (Å²) >= 11 is 0. The summed E-state index contributed by atoms with van der Waals surface area (Å²) < 4.78 is 15.7. The molecule has 1 aliphatic heterocycles. The minimum atomic E-state index is -1.44. The molecular formula is C18H30O7. The summed E-state index contributed by atoms with van der Waals surface area (Å²) in [6, 6.07) is 0. The van der Waals surface area contributed by atoms with Gasteiger partial charge in [-0.1, -0.05) is 23.3 Å². The Morgan fingerprint density at radius 2 is 1.72 bits per heavy atom. The number of aliphatic hydroxyl groups excluding tert-OH is 3. The minimum absolute atomic E-state index is 0.200. The van der Waals surface area contributed by atoms with Crippen molar-refractivity contribution in [3.8, 4) is 0 Å². The highest BCUT2D eigenvalue weighted by Gasteiger charge is 2.44. The van der Waals surface area contributed by atoms with Gasteiger partial charge >= 0.3 is 5.97 Å². The van der Waals surface area contributed by atoms with Crippen LogP contribution in [0.25, 0.3) is 0 Å². The predicted octanol–water partition coefficient (Wildman–Crippen LogP) is 1.07. The molecule has 0 spiro atoms. The third-order valence-corrected chi connectivity index (χ3v) is 3.90. The van der Waals surface area contributed by atoms with E-state index in [0.717, 1.165) is 18.4 Å². The van der Waals surface area contributed by atoms with E-state index in [9.17, 15) is 20.1 Å². The van der Waals surface area contributed by atoms with Crippen molar-refractivity contribution in [2.45, 2.75) is 71.2 Å². The summed E-state index contributed by atoms with van der Waals surface area (Å²) in [4.78, 5) is 10.9. The highest BCUT2D eigenvalue weighted by molar-refractivity contribution is 5.65. The largest absolute Gasteiger partial charge is 0.463 e. The molecule has 1 rings (SSSR count). The van der Waals surface area contributed by atoms with Gasteiger partial charge in [0.05, 0.1) is 6.61 Å². The van der Waals surface area contributed by atoms with E-state index in [-0.39, 0.29) is 13.2 Å². The van der Waals surface area contributed by atoms with Crippen LogP contribution in [0.15, 0.2) is 23.3 Å². The third kappa shape index (κ3) is 7.66. The molecule has 1 saturated heterocycles. The first-order valence-electron chi connectivity index (χ1n) is 8.46. The van der Waals surface area contributed by atoms with Crippen molar-refractivity contribution in [2.24, 2.45) is 0 Å². The first-order valence-corrected chi connectivity index (χ1v) is 8.46. The van der Waals surface area contributed by atoms with Crippen molar-refractivity contribution in [1.82, 2.24) is 0 Å². The predicted molar refractivity (Wildman–Crippen MR) is 91.7 cm³/mol. The summed E-state index contributed by atoms with van der Waals surface area (Å²) in [6.45, 7) is 7.30. The molecule has 0 aromatic carbocycles. The highest BCUT2D eigenvalue weighted by Crippen LogP contribution is 2.22. The lowest BCUT2D eigenvalue weighted by Gasteiger charge is -2.39. The molecule has 0 aromatic heterocycles. The molecule has 0 amide bonds. The van der Waals surface area contributed by atoms with Crippen LogP contribution in [0.5, 0.6) is 0 Å². The van der Waals surface area contributed by atoms with Gasteiger partial charge < -0.3 is 29.5 Å². The number of rotatable bonds is 8. The van der Waals surface area contributed by atoms with Gasteiger partial charge in [-0.25, -0.2) is 0 Å². The lowest BCUT2D eigenvalue weighted by molar-refractivity contribution is -0.299. The van der Waals surface area contributed by atoms with E-state index in [2.05, 4.69) is 19.9 Å². The quantitative estimate of drug-likeness (QED) is 0.440. The molecule has 1 aliphatic rings. The van der Waals surface area contributed by atoms with Crippen LogP contribution in [0.2, 0.25) is 0 Å². The molecule has 7 heteroatoms. The molecule has 7 nitrogen and oxygen atoms in total. The maximum absolute atomic E-state index is 10.9. The van der Waals surface area contributed by atoms with E-state index in [1.54, 1.807) is 0 Å². The van der Waals surface area contributed by atoms with Gasteiger partial charge in [0, 0.05) is 6.92 Å². The molecule has 1 heterocycles. The molecule has 0 aromatic rings. The van der Waals surface area contributed by atoms with E-state index in [1.807, 2.05) is 13.0 Å². The van der Waals surface area contributed by atoms with Crippen molar-refractivity contribution in [3.63, 3.8) is 0 Å². The molecule has 5 atom stereocenters. The molecule has 0 radical (unpaired) electrons. The van der Waals surface area contributed by atoms with E-state index >= 15 is 0 Å². The van der Waals surface area contributed by atoms with Crippen LogP contribution in [0.1, 0.15) is 40.5 Å². The van der Waals surface area contributed by atoms with Crippen molar-refractivity contribution >= 4 is 5.97 Å². The second kappa shape index (κ2) is 10.7. The maximum atomic E-state index is 10.9. The number of allylic oxidation sites excluding steroid dienone is 3. The van der Waals surface area contributed by atoms with Crippen LogP contribution < -0.4 is 0 Å². The number of ether oxygens (including phenoxy) is 3. The second-order valence-corrected chi connectivity index (χ2v) is 6.52. The number of hydrogen-bond donors (Lipinski definition) is 3. The summed E-state index contributed by atoms with van der Waals surface area (Å²) in [6.07, 6.45) is -0.380. The number of carbonyl (C=O) groups is 1. The maximum Gasteiger partial charge on any atom is 0.302 e. The summed E-state index contributed by atoms with van der Waals surface area (Å²) in [7, 11) is 0. The average Bonchev–Trinajstić information content (AvgIpc) is 2.53. The Balaban J connectivity index is 2.52. The first kappa shape index (κ1) is 21.8. The average molecular weight is 358 g/mol. The highest BCUT2D eigenvalue weighted by atomic mass is 16.7. The van der Waals surface area contributed by atoms with Crippen molar-refractivity contribution in [3.05, 3.63) is 23.3 Å². The van der Waals surface area contributed by atoms with Crippen LogP contribution in [0, 0.1) is 0 Å².